The van der Waals surface area contributed by atoms with E-state index in [-0.39, 0.29) is 11.0 Å². The summed E-state index contributed by atoms with van der Waals surface area (Å²) in [5, 5.41) is 2.78. The van der Waals surface area contributed by atoms with E-state index >= 15 is 0 Å². The molecule has 0 saturated carbocycles. The van der Waals surface area contributed by atoms with Gasteiger partial charge in [0.25, 0.3) is 5.91 Å². The lowest BCUT2D eigenvalue weighted by atomic mass is 10.1. The molecule has 6 nitrogen and oxygen atoms in total. The topological polar surface area (TPSA) is 69.6 Å². The lowest BCUT2D eigenvalue weighted by molar-refractivity contribution is 0.102. The summed E-state index contributed by atoms with van der Waals surface area (Å²) in [6.45, 7) is 3.57. The molecule has 0 radical (unpaired) electrons. The molecule has 0 aliphatic carbocycles. The van der Waals surface area contributed by atoms with Crippen molar-refractivity contribution in [3.05, 3.63) is 81.8 Å². The van der Waals surface area contributed by atoms with E-state index < -0.39 is 5.91 Å². The first kappa shape index (κ1) is 19.2. The number of carbonyl (C=O) groups is 1. The second kappa shape index (κ2) is 8.00. The Balaban J connectivity index is 2.12. The second-order valence-electron chi connectivity index (χ2n) is 6.27. The highest BCUT2D eigenvalue weighted by molar-refractivity contribution is 6.05. The molecule has 0 aliphatic heterocycles. The summed E-state index contributed by atoms with van der Waals surface area (Å²) in [6, 6.07) is 16.0. The summed E-state index contributed by atoms with van der Waals surface area (Å²) in [4.78, 5) is 25.6. The van der Waals surface area contributed by atoms with Crippen molar-refractivity contribution in [2.75, 3.05) is 19.5 Å². The minimum Gasteiger partial charge on any atom is -0.495 e. The fourth-order valence-corrected chi connectivity index (χ4v) is 3.28. The summed E-state index contributed by atoms with van der Waals surface area (Å²) in [7, 11) is 3.11. The zero-order valence-electron chi connectivity index (χ0n) is 16.3. The highest BCUT2D eigenvalue weighted by Gasteiger charge is 2.20. The van der Waals surface area contributed by atoms with Gasteiger partial charge in [-0.1, -0.05) is 24.3 Å². The molecule has 0 atom stereocenters. The number of hydrogen-bond acceptors (Lipinski definition) is 4. The average Bonchev–Trinajstić information content (AvgIpc) is 2.68. The van der Waals surface area contributed by atoms with Crippen LogP contribution in [-0.4, -0.2) is 24.7 Å². The van der Waals surface area contributed by atoms with Crippen LogP contribution in [0.3, 0.4) is 0 Å². The van der Waals surface area contributed by atoms with Gasteiger partial charge < -0.3 is 19.4 Å². The number of pyridine rings is 1. The molecule has 0 aliphatic rings. The third-order valence-corrected chi connectivity index (χ3v) is 4.54. The van der Waals surface area contributed by atoms with Crippen molar-refractivity contribution in [1.29, 1.82) is 0 Å². The number of para-hydroxylation sites is 4. The lowest BCUT2D eigenvalue weighted by Crippen LogP contribution is -2.26. The first-order valence-corrected chi connectivity index (χ1v) is 8.79. The number of aryl methyl sites for hydroxylation is 1. The SMILES string of the molecule is COc1ccccc1NC(=O)c1c(C)n(-c2ccccc2OC)c(C)cc1=O. The molecular weight excluding hydrogens is 356 g/mol. The van der Waals surface area contributed by atoms with Crippen LogP contribution in [0.1, 0.15) is 21.7 Å². The van der Waals surface area contributed by atoms with Gasteiger partial charge >= 0.3 is 0 Å². The molecule has 2 aromatic carbocycles. The zero-order chi connectivity index (χ0) is 20.3. The number of aromatic nitrogens is 1. The number of anilines is 1. The van der Waals surface area contributed by atoms with Gasteiger partial charge in [-0.2, -0.15) is 0 Å². The van der Waals surface area contributed by atoms with Crippen molar-refractivity contribution < 1.29 is 14.3 Å². The highest BCUT2D eigenvalue weighted by Crippen LogP contribution is 2.27. The molecule has 28 heavy (non-hydrogen) atoms. The zero-order valence-corrected chi connectivity index (χ0v) is 16.3. The predicted molar refractivity (Wildman–Crippen MR) is 109 cm³/mol. The van der Waals surface area contributed by atoms with E-state index in [9.17, 15) is 9.59 Å². The standard InChI is InChI=1S/C22H22N2O4/c1-14-13-18(25)21(22(26)23-16-9-5-7-11-19(16)27-3)15(2)24(14)17-10-6-8-12-20(17)28-4/h5-13H,1-4H3,(H,23,26). The smallest absolute Gasteiger partial charge is 0.261 e. The first-order chi connectivity index (χ1) is 13.5. The maximum atomic E-state index is 13.0. The lowest BCUT2D eigenvalue weighted by Gasteiger charge is -2.19. The molecule has 1 heterocycles. The normalized spacial score (nSPS) is 10.4. The molecule has 0 unspecified atom stereocenters. The minimum absolute atomic E-state index is 0.0717. The minimum atomic E-state index is -0.490. The Morgan fingerprint density at radius 1 is 0.929 bits per heavy atom. The molecule has 0 saturated heterocycles. The van der Waals surface area contributed by atoms with Crippen LogP contribution in [0.25, 0.3) is 5.69 Å². The van der Waals surface area contributed by atoms with Crippen LogP contribution in [0.15, 0.2) is 59.4 Å². The number of amides is 1. The van der Waals surface area contributed by atoms with Crippen molar-refractivity contribution in [2.45, 2.75) is 13.8 Å². The monoisotopic (exact) mass is 378 g/mol. The number of ether oxygens (including phenoxy) is 2. The van der Waals surface area contributed by atoms with Crippen LogP contribution in [0.5, 0.6) is 11.5 Å². The predicted octanol–water partition coefficient (Wildman–Crippen LogP) is 3.72. The number of benzene rings is 2. The van der Waals surface area contributed by atoms with Crippen molar-refractivity contribution in [2.24, 2.45) is 0 Å². The molecule has 0 bridgehead atoms. The Bertz CT molecular complexity index is 1090. The Morgan fingerprint density at radius 2 is 1.54 bits per heavy atom. The van der Waals surface area contributed by atoms with Gasteiger partial charge in [-0.25, -0.2) is 0 Å². The highest BCUT2D eigenvalue weighted by atomic mass is 16.5. The van der Waals surface area contributed by atoms with Crippen LogP contribution in [0.4, 0.5) is 5.69 Å². The van der Waals surface area contributed by atoms with Crippen molar-refractivity contribution >= 4 is 11.6 Å². The van der Waals surface area contributed by atoms with Crippen LogP contribution in [0, 0.1) is 13.8 Å². The average molecular weight is 378 g/mol. The molecule has 3 aromatic rings. The number of nitrogens with one attached hydrogen (secondary N) is 1. The van der Waals surface area contributed by atoms with E-state index in [4.69, 9.17) is 9.47 Å². The van der Waals surface area contributed by atoms with Gasteiger partial charge in [-0.15, -0.1) is 0 Å². The number of carbonyl (C=O) groups excluding carboxylic acids is 1. The van der Waals surface area contributed by atoms with E-state index in [1.165, 1.54) is 13.2 Å². The number of nitrogens with zero attached hydrogens (tertiary/aromatic N) is 1. The van der Waals surface area contributed by atoms with E-state index in [1.54, 1.807) is 38.3 Å². The van der Waals surface area contributed by atoms with E-state index in [0.29, 0.717) is 28.6 Å². The summed E-state index contributed by atoms with van der Waals surface area (Å²) in [5.41, 5.74) is 2.23. The Morgan fingerprint density at radius 3 is 2.21 bits per heavy atom. The number of methoxy groups -OCH3 is 2. The summed E-state index contributed by atoms with van der Waals surface area (Å²) in [6.07, 6.45) is 0. The molecule has 1 amide bonds. The molecule has 144 valence electrons. The molecule has 1 N–H and O–H groups in total. The van der Waals surface area contributed by atoms with Gasteiger partial charge in [0.15, 0.2) is 5.43 Å². The number of hydrogen-bond donors (Lipinski definition) is 1. The van der Waals surface area contributed by atoms with Gasteiger partial charge in [0.05, 0.1) is 25.6 Å². The fourth-order valence-electron chi connectivity index (χ4n) is 3.28. The Kier molecular flexibility index (Phi) is 5.49. The van der Waals surface area contributed by atoms with Crippen LogP contribution in [-0.2, 0) is 0 Å². The third-order valence-electron chi connectivity index (χ3n) is 4.54. The Labute approximate surface area is 163 Å². The molecule has 6 heteroatoms. The van der Waals surface area contributed by atoms with Crippen LogP contribution >= 0.6 is 0 Å². The van der Waals surface area contributed by atoms with Gasteiger partial charge in [-0.05, 0) is 38.1 Å². The first-order valence-electron chi connectivity index (χ1n) is 8.79. The summed E-state index contributed by atoms with van der Waals surface area (Å²) >= 11 is 0. The second-order valence-corrected chi connectivity index (χ2v) is 6.27. The molecule has 3 rings (SSSR count). The quantitative estimate of drug-likeness (QED) is 0.735. The summed E-state index contributed by atoms with van der Waals surface area (Å²) in [5.74, 6) is 0.676. The van der Waals surface area contributed by atoms with Gasteiger partial charge in [0.2, 0.25) is 0 Å². The number of rotatable bonds is 5. The van der Waals surface area contributed by atoms with Crippen molar-refractivity contribution in [1.82, 2.24) is 4.57 Å². The molecule has 0 spiro atoms. The largest absolute Gasteiger partial charge is 0.495 e. The maximum absolute atomic E-state index is 13.0. The van der Waals surface area contributed by atoms with Crippen LogP contribution < -0.4 is 20.2 Å². The Hall–Kier alpha value is -3.54. The van der Waals surface area contributed by atoms with E-state index in [2.05, 4.69) is 5.32 Å². The van der Waals surface area contributed by atoms with Crippen molar-refractivity contribution in [3.63, 3.8) is 0 Å². The van der Waals surface area contributed by atoms with E-state index in [1.807, 2.05) is 35.8 Å². The molecular formula is C22H22N2O4. The fraction of sp³-hybridized carbons (Fsp3) is 0.182. The van der Waals surface area contributed by atoms with Gasteiger partial charge in [-0.3, -0.25) is 9.59 Å². The molecule has 0 fully saturated rings. The van der Waals surface area contributed by atoms with Crippen LogP contribution in [0.2, 0.25) is 0 Å². The maximum Gasteiger partial charge on any atom is 0.261 e. The van der Waals surface area contributed by atoms with Gasteiger partial charge in [0, 0.05) is 17.5 Å². The van der Waals surface area contributed by atoms with Crippen molar-refractivity contribution in [3.8, 4) is 17.2 Å². The van der Waals surface area contributed by atoms with Gasteiger partial charge in [0.1, 0.15) is 17.1 Å². The molecule has 1 aromatic heterocycles. The third kappa shape index (κ3) is 3.49. The van der Waals surface area contributed by atoms with E-state index in [0.717, 1.165) is 5.69 Å². The summed E-state index contributed by atoms with van der Waals surface area (Å²) < 4.78 is 12.6.